The summed E-state index contributed by atoms with van der Waals surface area (Å²) in [5.74, 6) is 1.13. The molecule has 0 aromatic carbocycles. The Balaban J connectivity index is 1.07. The largest absolute Gasteiger partial charge is 0.481 e. The highest BCUT2D eigenvalue weighted by molar-refractivity contribution is 8.13. The third-order valence-electron chi connectivity index (χ3n) is 11.1. The van der Waals surface area contributed by atoms with E-state index in [1.165, 1.54) is 38.7 Å². The van der Waals surface area contributed by atoms with Gasteiger partial charge in [-0.1, -0.05) is 77.5 Å². The lowest BCUT2D eigenvalue weighted by molar-refractivity contribution is -0.137. The van der Waals surface area contributed by atoms with Gasteiger partial charge in [0, 0.05) is 49.9 Å². The maximum atomic E-state index is 12.8. The molecule has 1 aliphatic rings. The van der Waals surface area contributed by atoms with Gasteiger partial charge in [-0.3, -0.25) is 32.5 Å². The molecule has 1 saturated heterocycles. The summed E-state index contributed by atoms with van der Waals surface area (Å²) >= 11 is 1.14. The summed E-state index contributed by atoms with van der Waals surface area (Å²) in [6, 6.07) is 2.18. The number of nitrogens with one attached hydrogen (secondary N) is 2. The van der Waals surface area contributed by atoms with Crippen molar-refractivity contribution in [3.05, 3.63) is 35.8 Å². The number of nitrogens with zero attached hydrogens (tertiary/aromatic N) is 4. The Labute approximate surface area is 410 Å². The number of hydrogen-bond donors (Lipinski definition) is 9. The average molecular weight is 1070 g/mol. The third kappa shape index (κ3) is 19.7. The molecule has 3 aromatic rings. The minimum Gasteiger partial charge on any atom is -0.466 e. The summed E-state index contributed by atoms with van der Waals surface area (Å²) in [7, 11) is -16.4. The van der Waals surface area contributed by atoms with Crippen LogP contribution < -0.4 is 16.4 Å². The number of furan rings is 1. The Kier molecular flexibility index (Phi) is 23.6. The number of unbranched alkanes of at least 4 members (excludes halogenated alkanes) is 8. The number of phosphoric ester groups is 3. The number of aliphatic hydroxyl groups excluding tert-OH is 2. The normalized spacial score (nSPS) is 19.7. The first kappa shape index (κ1) is 59.4. The molecule has 1 fully saturated rings. The van der Waals surface area contributed by atoms with Crippen molar-refractivity contribution in [2.24, 2.45) is 5.41 Å². The van der Waals surface area contributed by atoms with Gasteiger partial charge in [0.2, 0.25) is 11.8 Å². The lowest BCUT2D eigenvalue weighted by Gasteiger charge is -2.30. The molecule has 70 heavy (non-hydrogen) atoms. The minimum absolute atomic E-state index is 0.0314. The van der Waals surface area contributed by atoms with Crippen LogP contribution in [0.1, 0.15) is 121 Å². The number of hydrogen-bond acceptors (Lipinski definition) is 19. The zero-order chi connectivity index (χ0) is 51.7. The fraction of sp³-hybridized carbons (Fsp3) is 0.707. The molecule has 29 heteroatoms. The van der Waals surface area contributed by atoms with Gasteiger partial charge in [0.1, 0.15) is 47.8 Å². The van der Waals surface area contributed by atoms with E-state index >= 15 is 0 Å². The maximum Gasteiger partial charge on any atom is 0.481 e. The van der Waals surface area contributed by atoms with Crippen molar-refractivity contribution in [2.45, 2.75) is 148 Å². The number of aliphatic hydroxyl groups is 2. The van der Waals surface area contributed by atoms with Crippen molar-refractivity contribution in [3.63, 3.8) is 0 Å². The molecule has 7 unspecified atom stereocenters. The number of carbonyl (C=O) groups excluding carboxylic acids is 3. The highest BCUT2D eigenvalue weighted by atomic mass is 32.2. The molecule has 0 spiro atoms. The van der Waals surface area contributed by atoms with Crippen molar-refractivity contribution in [1.82, 2.24) is 30.2 Å². The smallest absolute Gasteiger partial charge is 0.466 e. The van der Waals surface area contributed by atoms with Gasteiger partial charge in [0.25, 0.3) is 0 Å². The molecule has 7 atom stereocenters. The van der Waals surface area contributed by atoms with Crippen molar-refractivity contribution in [1.29, 1.82) is 0 Å². The summed E-state index contributed by atoms with van der Waals surface area (Å²) in [5, 5.41) is 26.7. The number of thioether (sulfide) groups is 1. The standard InChI is InChI=1S/C41H68N7O18P3S/c1-5-6-7-12-15-28-22-27(2)29(63-28)16-13-10-8-9-11-14-17-32(50)70-21-20-43-31(49)18-19-44-39(53)36(52)41(3,4)24-62-69(59,60)66-68(57,58)61-23-30-35(65-67(54,55)56)34(51)40(64-30)48-26-47-33-37(42)45-25-46-38(33)48/h22,25-26,30,34-36,40,51-52H,5-21,23-24H2,1-4H3,(H,43,49)(H,44,53)(H,57,58)(H,59,60)(H2,42,45,46)(H2,54,55,56). The molecule has 4 rings (SSSR count). The van der Waals surface area contributed by atoms with Crippen molar-refractivity contribution in [3.8, 4) is 0 Å². The quantitative estimate of drug-likeness (QED) is 0.0296. The summed E-state index contributed by atoms with van der Waals surface area (Å²) in [5.41, 5.74) is 5.51. The second-order valence-corrected chi connectivity index (χ2v) is 22.9. The Hall–Kier alpha value is -3.16. The Morgan fingerprint density at radius 3 is 2.30 bits per heavy atom. The first-order valence-corrected chi connectivity index (χ1v) is 28.6. The Morgan fingerprint density at radius 1 is 0.914 bits per heavy atom. The monoisotopic (exact) mass is 1070 g/mol. The summed E-state index contributed by atoms with van der Waals surface area (Å²) in [4.78, 5) is 88.6. The number of phosphoric acid groups is 3. The number of nitrogen functional groups attached to an aromatic ring is 1. The van der Waals surface area contributed by atoms with Gasteiger partial charge in [-0.2, -0.15) is 4.31 Å². The fourth-order valence-corrected chi connectivity index (χ4v) is 10.9. The van der Waals surface area contributed by atoms with Crippen LogP contribution in [0, 0.1) is 12.3 Å². The molecule has 25 nitrogen and oxygen atoms in total. The van der Waals surface area contributed by atoms with Gasteiger partial charge in [-0.15, -0.1) is 0 Å². The van der Waals surface area contributed by atoms with Gasteiger partial charge in [-0.25, -0.2) is 28.6 Å². The molecule has 396 valence electrons. The molecular weight excluding hydrogens is 1000 g/mol. The number of nitrogens with two attached hydrogens (primary N) is 1. The van der Waals surface area contributed by atoms with E-state index < -0.39 is 84.6 Å². The molecule has 0 saturated carbocycles. The number of aryl methyl sites for hydroxylation is 3. The van der Waals surface area contributed by atoms with Crippen LogP contribution in [0.25, 0.3) is 11.2 Å². The van der Waals surface area contributed by atoms with Crippen molar-refractivity contribution in [2.75, 3.05) is 37.8 Å². The highest BCUT2D eigenvalue weighted by Crippen LogP contribution is 2.61. The summed E-state index contributed by atoms with van der Waals surface area (Å²) in [6.45, 7) is 4.86. The molecule has 10 N–H and O–H groups in total. The number of fused-ring (bicyclic) bond motifs is 1. The SMILES string of the molecule is CCCCCCc1cc(C)c(CCCCCCCCC(=O)SCCNC(=O)CCNC(=O)C(O)C(C)(C)COP(=O)(O)OP(=O)(O)OCC2OC(n3cnc4c(N)ncnc43)C(O)C2OP(=O)(O)O)o1. The maximum absolute atomic E-state index is 12.8. The van der Waals surface area contributed by atoms with Crippen LogP contribution >= 0.6 is 35.2 Å². The van der Waals surface area contributed by atoms with Crippen molar-refractivity contribution < 1.29 is 84.9 Å². The number of anilines is 1. The molecule has 4 heterocycles. The summed E-state index contributed by atoms with van der Waals surface area (Å²) in [6.07, 6.45) is 6.46. The first-order chi connectivity index (χ1) is 32.9. The third-order valence-corrected chi connectivity index (χ3v) is 15.2. The van der Waals surface area contributed by atoms with Gasteiger partial charge < -0.3 is 55.3 Å². The second-order valence-electron chi connectivity index (χ2n) is 17.5. The van der Waals surface area contributed by atoms with E-state index in [1.54, 1.807) is 0 Å². The zero-order valence-electron chi connectivity index (χ0n) is 39.8. The van der Waals surface area contributed by atoms with Gasteiger partial charge in [0.05, 0.1) is 19.5 Å². The molecule has 0 aliphatic carbocycles. The highest BCUT2D eigenvalue weighted by Gasteiger charge is 2.50. The minimum atomic E-state index is -5.58. The van der Waals surface area contributed by atoms with Crippen LogP contribution in [0.4, 0.5) is 5.82 Å². The van der Waals surface area contributed by atoms with Crippen molar-refractivity contribution >= 4 is 69.1 Å². The van der Waals surface area contributed by atoms with Gasteiger partial charge >= 0.3 is 23.5 Å². The van der Waals surface area contributed by atoms with Crippen LogP contribution in [-0.2, 0) is 63.5 Å². The van der Waals surface area contributed by atoms with E-state index in [1.807, 2.05) is 0 Å². The molecule has 0 bridgehead atoms. The van der Waals surface area contributed by atoms with E-state index in [9.17, 15) is 57.9 Å². The van der Waals surface area contributed by atoms with Crippen LogP contribution in [-0.4, -0.2) is 123 Å². The van der Waals surface area contributed by atoms with E-state index in [-0.39, 0.29) is 41.6 Å². The zero-order valence-corrected chi connectivity index (χ0v) is 43.3. The van der Waals surface area contributed by atoms with Crippen LogP contribution in [0.5, 0.6) is 0 Å². The molecule has 2 amide bonds. The average Bonchev–Trinajstić information content (AvgIpc) is 3.96. The molecule has 1 aliphatic heterocycles. The summed E-state index contributed by atoms with van der Waals surface area (Å²) < 4.78 is 68.6. The number of carbonyl (C=O) groups is 3. The number of aromatic nitrogens is 4. The first-order valence-electron chi connectivity index (χ1n) is 23.0. The van der Waals surface area contributed by atoms with Crippen LogP contribution in [0.15, 0.2) is 23.1 Å². The molecule has 0 radical (unpaired) electrons. The van der Waals surface area contributed by atoms with E-state index in [4.69, 9.17) is 23.9 Å². The Bertz CT molecular complexity index is 2310. The topological polar surface area (TPSA) is 377 Å². The number of ether oxygens (including phenoxy) is 1. The Morgan fingerprint density at radius 2 is 1.59 bits per heavy atom. The lowest BCUT2D eigenvalue weighted by Crippen LogP contribution is -2.46. The lowest BCUT2D eigenvalue weighted by atomic mass is 9.87. The molecule has 3 aromatic heterocycles. The van der Waals surface area contributed by atoms with E-state index in [0.29, 0.717) is 12.2 Å². The van der Waals surface area contributed by atoms with Crippen LogP contribution in [0.2, 0.25) is 0 Å². The van der Waals surface area contributed by atoms with Crippen LogP contribution in [0.3, 0.4) is 0 Å². The van der Waals surface area contributed by atoms with E-state index in [0.717, 1.165) is 98.3 Å². The molecular formula is C41H68N7O18P3S. The van der Waals surface area contributed by atoms with E-state index in [2.05, 4.69) is 54.3 Å². The van der Waals surface area contributed by atoms with Gasteiger partial charge in [0.15, 0.2) is 22.8 Å². The predicted octanol–water partition coefficient (Wildman–Crippen LogP) is 4.66. The number of amides is 2. The fourth-order valence-electron chi connectivity index (χ4n) is 7.32. The second kappa shape index (κ2) is 27.8. The van der Waals surface area contributed by atoms with Gasteiger partial charge in [-0.05, 0) is 37.8 Å². The number of imidazole rings is 1. The predicted molar refractivity (Wildman–Crippen MR) is 254 cm³/mol. The number of rotatable bonds is 33.